The number of aromatic nitrogens is 3. The summed E-state index contributed by atoms with van der Waals surface area (Å²) in [7, 11) is 0. The lowest BCUT2D eigenvalue weighted by molar-refractivity contribution is 0.665. The van der Waals surface area contributed by atoms with Gasteiger partial charge in [-0.25, -0.2) is 0 Å². The van der Waals surface area contributed by atoms with Crippen molar-refractivity contribution in [3.8, 4) is 0 Å². The average Bonchev–Trinajstić information content (AvgIpc) is 2.70. The molecule has 2 rings (SSSR count). The third kappa shape index (κ3) is 2.22. The molecule has 4 nitrogen and oxygen atoms in total. The first-order valence-corrected chi connectivity index (χ1v) is 5.82. The lowest BCUT2D eigenvalue weighted by Gasteiger charge is -2.00. The molecule has 0 saturated carbocycles. The maximum atomic E-state index is 5.47. The minimum atomic E-state index is 0.777. The van der Waals surface area contributed by atoms with Crippen molar-refractivity contribution in [2.45, 2.75) is 32.6 Å². The lowest BCUT2D eigenvalue weighted by atomic mass is 10.2. The SMILES string of the molecule is Cc1cccn2c(CCCCCN)nnc12. The van der Waals surface area contributed by atoms with Gasteiger partial charge in [0.2, 0.25) is 0 Å². The van der Waals surface area contributed by atoms with Gasteiger partial charge in [0.15, 0.2) is 5.65 Å². The fourth-order valence-corrected chi connectivity index (χ4v) is 1.87. The summed E-state index contributed by atoms with van der Waals surface area (Å²) in [6.45, 7) is 2.84. The number of nitrogens with two attached hydrogens (primary N) is 1. The molecule has 0 atom stereocenters. The lowest BCUT2D eigenvalue weighted by Crippen LogP contribution is -2.00. The predicted octanol–water partition coefficient (Wildman–Crippen LogP) is 1.71. The van der Waals surface area contributed by atoms with Gasteiger partial charge < -0.3 is 5.73 Å². The van der Waals surface area contributed by atoms with Crippen molar-refractivity contribution < 1.29 is 0 Å². The third-order valence-electron chi connectivity index (χ3n) is 2.80. The number of fused-ring (bicyclic) bond motifs is 1. The van der Waals surface area contributed by atoms with Gasteiger partial charge in [0.25, 0.3) is 0 Å². The largest absolute Gasteiger partial charge is 0.330 e. The fraction of sp³-hybridized carbons (Fsp3) is 0.500. The molecule has 0 aliphatic rings. The van der Waals surface area contributed by atoms with E-state index in [1.165, 1.54) is 5.56 Å². The Morgan fingerprint density at radius 2 is 2.12 bits per heavy atom. The summed E-state index contributed by atoms with van der Waals surface area (Å²) in [6, 6.07) is 4.09. The number of pyridine rings is 1. The maximum absolute atomic E-state index is 5.47. The van der Waals surface area contributed by atoms with Gasteiger partial charge in [-0.3, -0.25) is 4.40 Å². The first-order chi connectivity index (χ1) is 7.83. The smallest absolute Gasteiger partial charge is 0.163 e. The first kappa shape index (κ1) is 11.1. The highest BCUT2D eigenvalue weighted by Gasteiger charge is 2.05. The molecule has 16 heavy (non-hydrogen) atoms. The number of hydrogen-bond acceptors (Lipinski definition) is 3. The van der Waals surface area contributed by atoms with Crippen LogP contribution in [0.1, 0.15) is 30.7 Å². The molecule has 0 unspecified atom stereocenters. The molecule has 0 aliphatic carbocycles. The van der Waals surface area contributed by atoms with E-state index in [-0.39, 0.29) is 0 Å². The summed E-state index contributed by atoms with van der Waals surface area (Å²) < 4.78 is 2.08. The Kier molecular flexibility index (Phi) is 3.51. The quantitative estimate of drug-likeness (QED) is 0.777. The van der Waals surface area contributed by atoms with Crippen molar-refractivity contribution in [3.63, 3.8) is 0 Å². The molecule has 86 valence electrons. The number of unbranched alkanes of at least 4 members (excludes halogenated alkanes) is 2. The molecule has 4 heteroatoms. The van der Waals surface area contributed by atoms with Crippen LogP contribution in [-0.2, 0) is 6.42 Å². The highest BCUT2D eigenvalue weighted by Crippen LogP contribution is 2.10. The van der Waals surface area contributed by atoms with Crippen LogP contribution in [0.4, 0.5) is 0 Å². The summed E-state index contributed by atoms with van der Waals surface area (Å²) in [6.07, 6.45) is 6.39. The van der Waals surface area contributed by atoms with Gasteiger partial charge in [-0.2, -0.15) is 0 Å². The molecular weight excluding hydrogens is 200 g/mol. The number of aryl methyl sites for hydroxylation is 2. The third-order valence-corrected chi connectivity index (χ3v) is 2.80. The van der Waals surface area contributed by atoms with Gasteiger partial charge in [-0.15, -0.1) is 10.2 Å². The van der Waals surface area contributed by atoms with E-state index in [0.29, 0.717) is 0 Å². The zero-order valence-electron chi connectivity index (χ0n) is 9.69. The van der Waals surface area contributed by atoms with E-state index in [1.807, 2.05) is 12.3 Å². The minimum Gasteiger partial charge on any atom is -0.330 e. The Morgan fingerprint density at radius 1 is 1.25 bits per heavy atom. The molecule has 0 amide bonds. The normalized spacial score (nSPS) is 11.1. The summed E-state index contributed by atoms with van der Waals surface area (Å²) in [4.78, 5) is 0. The minimum absolute atomic E-state index is 0.777. The summed E-state index contributed by atoms with van der Waals surface area (Å²) in [5.41, 5.74) is 7.60. The van der Waals surface area contributed by atoms with Gasteiger partial charge in [-0.05, 0) is 37.9 Å². The van der Waals surface area contributed by atoms with E-state index in [2.05, 4.69) is 27.6 Å². The highest BCUT2D eigenvalue weighted by atomic mass is 15.2. The Morgan fingerprint density at radius 3 is 2.94 bits per heavy atom. The van der Waals surface area contributed by atoms with Crippen molar-refractivity contribution in [1.29, 1.82) is 0 Å². The topological polar surface area (TPSA) is 56.2 Å². The van der Waals surface area contributed by atoms with Crippen LogP contribution in [0.2, 0.25) is 0 Å². The van der Waals surface area contributed by atoms with Gasteiger partial charge in [0.1, 0.15) is 5.82 Å². The zero-order chi connectivity index (χ0) is 11.4. The second-order valence-corrected chi connectivity index (χ2v) is 4.10. The van der Waals surface area contributed by atoms with Crippen molar-refractivity contribution >= 4 is 5.65 Å². The van der Waals surface area contributed by atoms with Gasteiger partial charge in [-0.1, -0.05) is 12.5 Å². The van der Waals surface area contributed by atoms with E-state index in [9.17, 15) is 0 Å². The van der Waals surface area contributed by atoms with E-state index >= 15 is 0 Å². The molecule has 0 bridgehead atoms. The van der Waals surface area contributed by atoms with Gasteiger partial charge in [0, 0.05) is 12.6 Å². The molecule has 0 radical (unpaired) electrons. The maximum Gasteiger partial charge on any atom is 0.163 e. The van der Waals surface area contributed by atoms with Crippen molar-refractivity contribution in [1.82, 2.24) is 14.6 Å². The van der Waals surface area contributed by atoms with Gasteiger partial charge >= 0.3 is 0 Å². The zero-order valence-corrected chi connectivity index (χ0v) is 9.69. The number of rotatable bonds is 5. The van der Waals surface area contributed by atoms with Crippen LogP contribution in [0, 0.1) is 6.92 Å². The molecule has 2 aromatic rings. The fourth-order valence-electron chi connectivity index (χ4n) is 1.87. The van der Waals surface area contributed by atoms with E-state index in [4.69, 9.17) is 5.73 Å². The molecular formula is C12H18N4. The van der Waals surface area contributed by atoms with E-state index in [1.54, 1.807) is 0 Å². The summed E-state index contributed by atoms with van der Waals surface area (Å²) >= 11 is 0. The Balaban J connectivity index is 2.10. The molecule has 0 aliphatic heterocycles. The van der Waals surface area contributed by atoms with Crippen LogP contribution in [0.15, 0.2) is 18.3 Å². The average molecular weight is 218 g/mol. The van der Waals surface area contributed by atoms with Crippen LogP contribution in [-0.4, -0.2) is 21.1 Å². The summed E-state index contributed by atoms with van der Waals surface area (Å²) in [5, 5.41) is 8.44. The molecule has 2 N–H and O–H groups in total. The molecule has 0 fully saturated rings. The van der Waals surface area contributed by atoms with Gasteiger partial charge in [0.05, 0.1) is 0 Å². The Hall–Kier alpha value is -1.42. The van der Waals surface area contributed by atoms with Crippen molar-refractivity contribution in [3.05, 3.63) is 29.7 Å². The first-order valence-electron chi connectivity index (χ1n) is 5.82. The number of nitrogens with zero attached hydrogens (tertiary/aromatic N) is 3. The highest BCUT2D eigenvalue weighted by molar-refractivity contribution is 5.46. The Labute approximate surface area is 95.5 Å². The monoisotopic (exact) mass is 218 g/mol. The second kappa shape index (κ2) is 5.07. The van der Waals surface area contributed by atoms with Crippen LogP contribution < -0.4 is 5.73 Å². The Bertz CT molecular complexity index is 461. The number of hydrogen-bond donors (Lipinski definition) is 1. The van der Waals surface area contributed by atoms with Crippen LogP contribution in [0.25, 0.3) is 5.65 Å². The predicted molar refractivity (Wildman–Crippen MR) is 64.3 cm³/mol. The molecule has 0 spiro atoms. The van der Waals surface area contributed by atoms with E-state index in [0.717, 1.165) is 43.7 Å². The van der Waals surface area contributed by atoms with Crippen molar-refractivity contribution in [2.75, 3.05) is 6.54 Å². The van der Waals surface area contributed by atoms with Crippen molar-refractivity contribution in [2.24, 2.45) is 5.73 Å². The molecule has 2 heterocycles. The van der Waals surface area contributed by atoms with E-state index < -0.39 is 0 Å². The van der Waals surface area contributed by atoms with Crippen LogP contribution in [0.5, 0.6) is 0 Å². The molecule has 0 aromatic carbocycles. The summed E-state index contributed by atoms with van der Waals surface area (Å²) in [5.74, 6) is 1.05. The molecule has 2 aromatic heterocycles. The standard InChI is InChI=1S/C12H18N4/c1-10-6-5-9-16-11(14-15-12(10)16)7-3-2-4-8-13/h5-6,9H,2-4,7-8,13H2,1H3. The molecule has 0 saturated heterocycles. The van der Waals surface area contributed by atoms with Crippen LogP contribution >= 0.6 is 0 Å². The van der Waals surface area contributed by atoms with Crippen LogP contribution in [0.3, 0.4) is 0 Å². The second-order valence-electron chi connectivity index (χ2n) is 4.10.